The Morgan fingerprint density at radius 3 is 2.14 bits per heavy atom. The van der Waals surface area contributed by atoms with Gasteiger partial charge in [-0.2, -0.15) is 0 Å². The molecule has 14 heavy (non-hydrogen) atoms. The van der Waals surface area contributed by atoms with Crippen LogP contribution in [0.1, 0.15) is 33.6 Å². The Balaban J connectivity index is 2.61. The van der Waals surface area contributed by atoms with E-state index >= 15 is 0 Å². The van der Waals surface area contributed by atoms with Crippen LogP contribution in [0.5, 0.6) is 0 Å². The molecular formula is C11H23NO2. The number of rotatable bonds is 3. The standard InChI is InChI=1S/C11H23NO2/c1-4-12-7-5-11(14,6-8-12)10(2,3)9-13/h13-14H,4-9H2,1-3H3. The predicted molar refractivity (Wildman–Crippen MR) is 57.2 cm³/mol. The largest absolute Gasteiger partial charge is 0.396 e. The number of piperidine rings is 1. The topological polar surface area (TPSA) is 43.7 Å². The van der Waals surface area contributed by atoms with Crippen molar-refractivity contribution in [3.05, 3.63) is 0 Å². The number of nitrogens with zero attached hydrogens (tertiary/aromatic N) is 1. The summed E-state index contributed by atoms with van der Waals surface area (Å²) in [5, 5.41) is 19.7. The summed E-state index contributed by atoms with van der Waals surface area (Å²) in [6.07, 6.45) is 1.54. The third-order valence-electron chi connectivity index (χ3n) is 3.79. The van der Waals surface area contributed by atoms with Crippen LogP contribution in [0.25, 0.3) is 0 Å². The second-order valence-corrected chi connectivity index (χ2v) is 5.01. The Morgan fingerprint density at radius 2 is 1.79 bits per heavy atom. The molecule has 3 nitrogen and oxygen atoms in total. The minimum Gasteiger partial charge on any atom is -0.396 e. The summed E-state index contributed by atoms with van der Waals surface area (Å²) in [7, 11) is 0. The second kappa shape index (κ2) is 4.17. The number of aliphatic hydroxyl groups excluding tert-OH is 1. The average molecular weight is 201 g/mol. The van der Waals surface area contributed by atoms with Crippen molar-refractivity contribution in [3.63, 3.8) is 0 Å². The van der Waals surface area contributed by atoms with E-state index in [1.54, 1.807) is 0 Å². The summed E-state index contributed by atoms with van der Waals surface area (Å²) < 4.78 is 0. The van der Waals surface area contributed by atoms with Gasteiger partial charge in [0, 0.05) is 18.5 Å². The highest BCUT2D eigenvalue weighted by Gasteiger charge is 2.44. The first-order valence-corrected chi connectivity index (χ1v) is 5.51. The van der Waals surface area contributed by atoms with Crippen LogP contribution in [0.3, 0.4) is 0 Å². The maximum Gasteiger partial charge on any atom is 0.0744 e. The lowest BCUT2D eigenvalue weighted by atomic mass is 9.70. The van der Waals surface area contributed by atoms with E-state index in [4.69, 9.17) is 0 Å². The summed E-state index contributed by atoms with van der Waals surface area (Å²) in [5.74, 6) is 0. The van der Waals surface area contributed by atoms with Crippen LogP contribution in [-0.2, 0) is 0 Å². The van der Waals surface area contributed by atoms with Crippen molar-refractivity contribution in [2.75, 3.05) is 26.2 Å². The van der Waals surface area contributed by atoms with E-state index in [-0.39, 0.29) is 12.0 Å². The van der Waals surface area contributed by atoms with Crippen LogP contribution >= 0.6 is 0 Å². The highest BCUT2D eigenvalue weighted by Crippen LogP contribution is 2.38. The molecule has 1 fully saturated rings. The minimum absolute atomic E-state index is 0.0512. The normalized spacial score (nSPS) is 23.8. The predicted octanol–water partition coefficient (Wildman–Crippen LogP) is 0.852. The van der Waals surface area contributed by atoms with Gasteiger partial charge < -0.3 is 15.1 Å². The van der Waals surface area contributed by atoms with Gasteiger partial charge in [-0.3, -0.25) is 0 Å². The van der Waals surface area contributed by atoms with Crippen LogP contribution in [0, 0.1) is 5.41 Å². The number of aliphatic hydroxyl groups is 2. The van der Waals surface area contributed by atoms with E-state index in [0.29, 0.717) is 0 Å². The third kappa shape index (κ3) is 2.10. The van der Waals surface area contributed by atoms with E-state index in [2.05, 4.69) is 11.8 Å². The van der Waals surface area contributed by atoms with Gasteiger partial charge in [-0.25, -0.2) is 0 Å². The highest BCUT2D eigenvalue weighted by molar-refractivity contribution is 4.96. The van der Waals surface area contributed by atoms with Crippen molar-refractivity contribution in [2.24, 2.45) is 5.41 Å². The molecule has 0 amide bonds. The molecule has 0 aromatic carbocycles. The molecule has 0 aromatic rings. The second-order valence-electron chi connectivity index (χ2n) is 5.01. The van der Waals surface area contributed by atoms with Crippen LogP contribution in [-0.4, -0.2) is 47.0 Å². The summed E-state index contributed by atoms with van der Waals surface area (Å²) in [6, 6.07) is 0. The lowest BCUT2D eigenvalue weighted by Gasteiger charge is -2.46. The van der Waals surface area contributed by atoms with Gasteiger partial charge >= 0.3 is 0 Å². The van der Waals surface area contributed by atoms with E-state index in [1.165, 1.54) is 0 Å². The van der Waals surface area contributed by atoms with Gasteiger partial charge in [-0.15, -0.1) is 0 Å². The molecule has 0 aromatic heterocycles. The van der Waals surface area contributed by atoms with Crippen molar-refractivity contribution in [2.45, 2.75) is 39.2 Å². The lowest BCUT2D eigenvalue weighted by molar-refractivity contribution is -0.123. The molecule has 0 spiro atoms. The molecular weight excluding hydrogens is 178 g/mol. The summed E-state index contributed by atoms with van der Waals surface area (Å²) in [4.78, 5) is 2.34. The molecule has 84 valence electrons. The van der Waals surface area contributed by atoms with Crippen molar-refractivity contribution >= 4 is 0 Å². The molecule has 1 rings (SSSR count). The van der Waals surface area contributed by atoms with E-state index in [1.807, 2.05) is 13.8 Å². The summed E-state index contributed by atoms with van der Waals surface area (Å²) in [5.41, 5.74) is -1.07. The average Bonchev–Trinajstić information content (AvgIpc) is 2.19. The zero-order valence-electron chi connectivity index (χ0n) is 9.58. The maximum absolute atomic E-state index is 10.4. The van der Waals surface area contributed by atoms with Gasteiger partial charge in [0.1, 0.15) is 0 Å². The van der Waals surface area contributed by atoms with E-state index in [0.717, 1.165) is 32.5 Å². The molecule has 0 aliphatic carbocycles. The van der Waals surface area contributed by atoms with E-state index in [9.17, 15) is 10.2 Å². The Kier molecular flexibility index (Phi) is 3.56. The Labute approximate surface area is 86.7 Å². The van der Waals surface area contributed by atoms with Gasteiger partial charge in [0.2, 0.25) is 0 Å². The molecule has 0 atom stereocenters. The molecule has 3 heteroatoms. The fraction of sp³-hybridized carbons (Fsp3) is 1.00. The molecule has 2 N–H and O–H groups in total. The van der Waals surface area contributed by atoms with Gasteiger partial charge in [0.25, 0.3) is 0 Å². The van der Waals surface area contributed by atoms with Crippen molar-refractivity contribution in [3.8, 4) is 0 Å². The number of hydrogen-bond donors (Lipinski definition) is 2. The third-order valence-corrected chi connectivity index (χ3v) is 3.79. The fourth-order valence-electron chi connectivity index (χ4n) is 2.06. The zero-order chi connectivity index (χ0) is 10.8. The molecule has 0 bridgehead atoms. The fourth-order valence-corrected chi connectivity index (χ4v) is 2.06. The SMILES string of the molecule is CCN1CCC(O)(C(C)(C)CO)CC1. The smallest absolute Gasteiger partial charge is 0.0744 e. The van der Waals surface area contributed by atoms with E-state index < -0.39 is 5.60 Å². The van der Waals surface area contributed by atoms with Crippen LogP contribution in [0.4, 0.5) is 0 Å². The molecule has 1 aliphatic heterocycles. The molecule has 0 radical (unpaired) electrons. The van der Waals surface area contributed by atoms with Gasteiger partial charge in [0.05, 0.1) is 12.2 Å². The maximum atomic E-state index is 10.4. The lowest BCUT2D eigenvalue weighted by Crippen LogP contribution is -2.54. The first-order valence-electron chi connectivity index (χ1n) is 5.51. The first kappa shape index (κ1) is 12.0. The van der Waals surface area contributed by atoms with Crippen LogP contribution < -0.4 is 0 Å². The molecule has 1 aliphatic rings. The molecule has 1 heterocycles. The first-order chi connectivity index (χ1) is 6.45. The Morgan fingerprint density at radius 1 is 1.29 bits per heavy atom. The van der Waals surface area contributed by atoms with Crippen LogP contribution in [0.2, 0.25) is 0 Å². The van der Waals surface area contributed by atoms with Crippen LogP contribution in [0.15, 0.2) is 0 Å². The van der Waals surface area contributed by atoms with Crippen molar-refractivity contribution in [1.29, 1.82) is 0 Å². The van der Waals surface area contributed by atoms with Crippen molar-refractivity contribution < 1.29 is 10.2 Å². The summed E-state index contributed by atoms with van der Waals surface area (Å²) in [6.45, 7) is 9.00. The highest BCUT2D eigenvalue weighted by atomic mass is 16.3. The Hall–Kier alpha value is -0.120. The number of hydrogen-bond acceptors (Lipinski definition) is 3. The van der Waals surface area contributed by atoms with Gasteiger partial charge in [-0.05, 0) is 19.4 Å². The number of likely N-dealkylation sites (tertiary alicyclic amines) is 1. The summed E-state index contributed by atoms with van der Waals surface area (Å²) >= 11 is 0. The quantitative estimate of drug-likeness (QED) is 0.711. The molecule has 1 saturated heterocycles. The monoisotopic (exact) mass is 201 g/mol. The van der Waals surface area contributed by atoms with Gasteiger partial charge in [-0.1, -0.05) is 20.8 Å². The Bertz CT molecular complexity index is 184. The molecule has 0 unspecified atom stereocenters. The van der Waals surface area contributed by atoms with Crippen molar-refractivity contribution in [1.82, 2.24) is 4.90 Å². The molecule has 0 saturated carbocycles. The minimum atomic E-state index is -0.687. The zero-order valence-corrected chi connectivity index (χ0v) is 9.58. The van der Waals surface area contributed by atoms with Gasteiger partial charge in [0.15, 0.2) is 0 Å².